The number of aromatic amines is 2. The van der Waals surface area contributed by atoms with E-state index in [1.807, 2.05) is 25.3 Å². The third-order valence-electron chi connectivity index (χ3n) is 4.51. The number of aromatic nitrogens is 3. The van der Waals surface area contributed by atoms with Gasteiger partial charge in [-0.05, 0) is 31.4 Å². The molecule has 0 saturated heterocycles. The number of hydrogen-bond donors (Lipinski definition) is 3. The predicted molar refractivity (Wildman–Crippen MR) is 97.1 cm³/mol. The van der Waals surface area contributed by atoms with Gasteiger partial charge in [-0.15, -0.1) is 0 Å². The zero-order valence-electron chi connectivity index (χ0n) is 14.5. The molecule has 0 aliphatic heterocycles. The molecule has 0 radical (unpaired) electrons. The standard InChI is InChI=1S/C19H24N4O2/c1-14-18(22-13-21-14)12-23(9-10-24)19(25)8-4-5-15-11-20-17-7-3-2-6-16(15)17/h2-3,6-7,11,13,20,24H,4-5,8-10,12H2,1H3,(H,21,22). The van der Waals surface area contributed by atoms with Gasteiger partial charge in [0.15, 0.2) is 0 Å². The van der Waals surface area contributed by atoms with Crippen molar-refractivity contribution in [3.8, 4) is 0 Å². The fraction of sp³-hybridized carbons (Fsp3) is 0.368. The zero-order valence-corrected chi connectivity index (χ0v) is 14.5. The van der Waals surface area contributed by atoms with E-state index in [-0.39, 0.29) is 12.5 Å². The maximum Gasteiger partial charge on any atom is 0.223 e. The number of carbonyl (C=O) groups is 1. The Hall–Kier alpha value is -2.60. The van der Waals surface area contributed by atoms with Gasteiger partial charge in [0, 0.05) is 35.8 Å². The number of aliphatic hydroxyl groups is 1. The van der Waals surface area contributed by atoms with Crippen LogP contribution in [0, 0.1) is 6.92 Å². The number of benzene rings is 1. The number of aryl methyl sites for hydroxylation is 2. The number of para-hydroxylation sites is 1. The van der Waals surface area contributed by atoms with E-state index in [2.05, 4.69) is 27.1 Å². The molecule has 6 heteroatoms. The monoisotopic (exact) mass is 340 g/mol. The molecule has 1 aromatic carbocycles. The highest BCUT2D eigenvalue weighted by atomic mass is 16.3. The van der Waals surface area contributed by atoms with Crippen LogP contribution in [0.5, 0.6) is 0 Å². The summed E-state index contributed by atoms with van der Waals surface area (Å²) in [5.41, 5.74) is 4.16. The van der Waals surface area contributed by atoms with Crippen molar-refractivity contribution in [1.29, 1.82) is 0 Å². The third kappa shape index (κ3) is 4.09. The number of H-pyrrole nitrogens is 2. The van der Waals surface area contributed by atoms with Crippen molar-refractivity contribution in [3.63, 3.8) is 0 Å². The quantitative estimate of drug-likeness (QED) is 0.589. The van der Waals surface area contributed by atoms with Crippen LogP contribution in [0.2, 0.25) is 0 Å². The number of hydrogen-bond acceptors (Lipinski definition) is 3. The summed E-state index contributed by atoms with van der Waals surface area (Å²) in [6.45, 7) is 2.65. The smallest absolute Gasteiger partial charge is 0.223 e. The minimum atomic E-state index is -0.0440. The summed E-state index contributed by atoms with van der Waals surface area (Å²) in [6, 6.07) is 8.19. The minimum Gasteiger partial charge on any atom is -0.395 e. The fourth-order valence-corrected chi connectivity index (χ4v) is 3.07. The van der Waals surface area contributed by atoms with Crippen LogP contribution in [-0.2, 0) is 17.8 Å². The topological polar surface area (TPSA) is 85.0 Å². The van der Waals surface area contributed by atoms with Gasteiger partial charge < -0.3 is 20.0 Å². The lowest BCUT2D eigenvalue weighted by Gasteiger charge is -2.21. The van der Waals surface area contributed by atoms with E-state index in [9.17, 15) is 9.90 Å². The summed E-state index contributed by atoms with van der Waals surface area (Å²) in [7, 11) is 0. The number of aliphatic hydroxyl groups excluding tert-OH is 1. The van der Waals surface area contributed by atoms with E-state index < -0.39 is 0 Å². The van der Waals surface area contributed by atoms with Crippen molar-refractivity contribution in [2.24, 2.45) is 0 Å². The summed E-state index contributed by atoms with van der Waals surface area (Å²) in [4.78, 5) is 24.7. The van der Waals surface area contributed by atoms with Gasteiger partial charge in [-0.1, -0.05) is 18.2 Å². The molecule has 0 spiro atoms. The van der Waals surface area contributed by atoms with E-state index in [1.165, 1.54) is 10.9 Å². The second kappa shape index (κ2) is 7.98. The number of nitrogens with one attached hydrogen (secondary N) is 2. The lowest BCUT2D eigenvalue weighted by Crippen LogP contribution is -2.33. The van der Waals surface area contributed by atoms with E-state index in [1.54, 1.807) is 11.2 Å². The average molecular weight is 340 g/mol. The van der Waals surface area contributed by atoms with Crippen LogP contribution in [0.4, 0.5) is 0 Å². The lowest BCUT2D eigenvalue weighted by atomic mass is 10.1. The molecular weight excluding hydrogens is 316 g/mol. The van der Waals surface area contributed by atoms with Gasteiger partial charge in [0.2, 0.25) is 5.91 Å². The first-order valence-corrected chi connectivity index (χ1v) is 8.61. The van der Waals surface area contributed by atoms with Crippen molar-refractivity contribution in [2.45, 2.75) is 32.7 Å². The largest absolute Gasteiger partial charge is 0.395 e. The first kappa shape index (κ1) is 17.2. The summed E-state index contributed by atoms with van der Waals surface area (Å²) >= 11 is 0. The number of carbonyl (C=O) groups excluding carboxylic acids is 1. The lowest BCUT2D eigenvalue weighted by molar-refractivity contribution is -0.132. The summed E-state index contributed by atoms with van der Waals surface area (Å²) in [6.07, 6.45) is 5.74. The van der Waals surface area contributed by atoms with Crippen LogP contribution in [0.25, 0.3) is 10.9 Å². The Morgan fingerprint density at radius 3 is 2.88 bits per heavy atom. The number of amides is 1. The highest BCUT2D eigenvalue weighted by Crippen LogP contribution is 2.19. The molecule has 2 heterocycles. The summed E-state index contributed by atoms with van der Waals surface area (Å²) in [5, 5.41) is 10.5. The first-order valence-electron chi connectivity index (χ1n) is 8.61. The maximum atomic E-state index is 12.5. The van der Waals surface area contributed by atoms with Crippen LogP contribution in [0.1, 0.15) is 29.8 Å². The van der Waals surface area contributed by atoms with Crippen LogP contribution in [-0.4, -0.2) is 44.0 Å². The van der Waals surface area contributed by atoms with E-state index in [0.29, 0.717) is 19.5 Å². The van der Waals surface area contributed by atoms with Crippen LogP contribution < -0.4 is 0 Å². The molecule has 132 valence electrons. The van der Waals surface area contributed by atoms with E-state index >= 15 is 0 Å². The Bertz CT molecular complexity index is 837. The van der Waals surface area contributed by atoms with Gasteiger partial charge in [-0.3, -0.25) is 4.79 Å². The molecule has 3 N–H and O–H groups in total. The molecule has 0 fully saturated rings. The van der Waals surface area contributed by atoms with Crippen molar-refractivity contribution < 1.29 is 9.90 Å². The Labute approximate surface area is 146 Å². The van der Waals surface area contributed by atoms with Gasteiger partial charge in [0.25, 0.3) is 0 Å². The Morgan fingerprint density at radius 1 is 1.28 bits per heavy atom. The van der Waals surface area contributed by atoms with Crippen LogP contribution >= 0.6 is 0 Å². The second-order valence-electron chi connectivity index (χ2n) is 6.23. The molecule has 0 atom stereocenters. The van der Waals surface area contributed by atoms with Gasteiger partial charge in [0.05, 0.1) is 25.2 Å². The van der Waals surface area contributed by atoms with Gasteiger partial charge >= 0.3 is 0 Å². The van der Waals surface area contributed by atoms with Crippen molar-refractivity contribution >= 4 is 16.8 Å². The number of rotatable bonds is 8. The van der Waals surface area contributed by atoms with Gasteiger partial charge in [-0.25, -0.2) is 4.98 Å². The van der Waals surface area contributed by atoms with Crippen molar-refractivity contribution in [3.05, 3.63) is 53.7 Å². The normalized spacial score (nSPS) is 11.1. The Kier molecular flexibility index (Phi) is 5.50. The highest BCUT2D eigenvalue weighted by Gasteiger charge is 2.16. The maximum absolute atomic E-state index is 12.5. The number of fused-ring (bicyclic) bond motifs is 1. The molecule has 0 unspecified atom stereocenters. The van der Waals surface area contributed by atoms with Crippen molar-refractivity contribution in [2.75, 3.05) is 13.2 Å². The fourth-order valence-electron chi connectivity index (χ4n) is 3.07. The van der Waals surface area contributed by atoms with Gasteiger partial charge in [-0.2, -0.15) is 0 Å². The molecular formula is C19H24N4O2. The van der Waals surface area contributed by atoms with Crippen LogP contribution in [0.3, 0.4) is 0 Å². The Balaban J connectivity index is 1.57. The summed E-state index contributed by atoms with van der Waals surface area (Å²) < 4.78 is 0. The van der Waals surface area contributed by atoms with Crippen LogP contribution in [0.15, 0.2) is 36.8 Å². The number of imidazole rings is 1. The molecule has 3 aromatic rings. The van der Waals surface area contributed by atoms with Gasteiger partial charge in [0.1, 0.15) is 0 Å². The highest BCUT2D eigenvalue weighted by molar-refractivity contribution is 5.83. The zero-order chi connectivity index (χ0) is 17.6. The molecule has 25 heavy (non-hydrogen) atoms. The SMILES string of the molecule is Cc1[nH]cnc1CN(CCO)C(=O)CCCc1c[nH]c2ccccc12. The molecule has 0 aliphatic rings. The average Bonchev–Trinajstić information content (AvgIpc) is 3.21. The molecule has 0 aliphatic carbocycles. The minimum absolute atomic E-state index is 0.0440. The molecule has 0 saturated carbocycles. The van der Waals surface area contributed by atoms with E-state index in [4.69, 9.17) is 0 Å². The second-order valence-corrected chi connectivity index (χ2v) is 6.23. The third-order valence-corrected chi connectivity index (χ3v) is 4.51. The Morgan fingerprint density at radius 2 is 2.12 bits per heavy atom. The predicted octanol–water partition coefficient (Wildman–Crippen LogP) is 2.54. The number of nitrogens with zero attached hydrogens (tertiary/aromatic N) is 2. The molecule has 1 amide bonds. The molecule has 2 aromatic heterocycles. The molecule has 0 bridgehead atoms. The van der Waals surface area contributed by atoms with E-state index in [0.717, 1.165) is 29.7 Å². The van der Waals surface area contributed by atoms with Crippen molar-refractivity contribution in [1.82, 2.24) is 19.9 Å². The molecule has 6 nitrogen and oxygen atoms in total. The molecule has 3 rings (SSSR count). The first-order chi connectivity index (χ1) is 12.2. The summed E-state index contributed by atoms with van der Waals surface area (Å²) in [5.74, 6) is 0.0521.